The number of hydrogen-bond donors (Lipinski definition) is 0. The highest BCUT2D eigenvalue weighted by Crippen LogP contribution is 2.70. The zero-order chi connectivity index (χ0) is 22.0. The summed E-state index contributed by atoms with van der Waals surface area (Å²) in [6.45, 7) is 1.82. The van der Waals surface area contributed by atoms with Crippen molar-refractivity contribution in [2.75, 3.05) is 7.11 Å². The van der Waals surface area contributed by atoms with Gasteiger partial charge in [-0.3, -0.25) is 0 Å². The molecule has 0 aliphatic carbocycles. The molecule has 30 heavy (non-hydrogen) atoms. The number of alkyl halides is 3. The highest BCUT2D eigenvalue weighted by atomic mass is 32.3. The van der Waals surface area contributed by atoms with Gasteiger partial charge in [-0.1, -0.05) is 35.9 Å². The third-order valence-electron chi connectivity index (χ3n) is 4.29. The topological polar surface area (TPSA) is 52.6 Å². The normalized spacial score (nSPS) is 15.2. The Balaban J connectivity index is 2.37. The molecule has 160 valence electrons. The molecule has 0 aliphatic heterocycles. The van der Waals surface area contributed by atoms with E-state index < -0.39 is 25.9 Å². The zero-order valence-electron chi connectivity index (χ0n) is 16.1. The fourth-order valence-electron chi connectivity index (χ4n) is 2.81. The van der Waals surface area contributed by atoms with Crippen molar-refractivity contribution in [3.05, 3.63) is 84.4 Å². The Morgan fingerprint density at radius 1 is 0.733 bits per heavy atom. The van der Waals surface area contributed by atoms with E-state index in [4.69, 9.17) is 8.37 Å². The van der Waals surface area contributed by atoms with E-state index in [2.05, 4.69) is 0 Å². The molecule has 3 rings (SSSR count). The van der Waals surface area contributed by atoms with Crippen LogP contribution in [-0.2, 0) is 13.7 Å². The van der Waals surface area contributed by atoms with Crippen LogP contribution >= 0.6 is 10.3 Å². The van der Waals surface area contributed by atoms with Gasteiger partial charge in [-0.15, -0.1) is 0 Å². The largest absolute Gasteiger partial charge is 0.524 e. The van der Waals surface area contributed by atoms with Crippen molar-refractivity contribution in [3.63, 3.8) is 0 Å². The number of methoxy groups -OCH3 is 1. The van der Waals surface area contributed by atoms with Gasteiger partial charge in [-0.05, 0) is 65.8 Å². The number of halogens is 3. The minimum absolute atomic E-state index is 0.283. The van der Waals surface area contributed by atoms with Gasteiger partial charge in [0.2, 0.25) is 0 Å². The quantitative estimate of drug-likeness (QED) is 0.423. The van der Waals surface area contributed by atoms with E-state index in [1.54, 1.807) is 66.7 Å². The fraction of sp³-hybridized carbons (Fsp3) is 0.143. The molecule has 0 saturated carbocycles. The zero-order valence-corrected chi connectivity index (χ0v) is 17.7. The smallest absolute Gasteiger partial charge is 0.497 e. The summed E-state index contributed by atoms with van der Waals surface area (Å²) < 4.78 is 74.9. The summed E-state index contributed by atoms with van der Waals surface area (Å²) in [6, 6.07) is 20.8. The van der Waals surface area contributed by atoms with Gasteiger partial charge in [0.1, 0.15) is 5.75 Å². The van der Waals surface area contributed by atoms with Crippen LogP contribution in [0.2, 0.25) is 0 Å². The molecular weight excluding hydrogens is 437 g/mol. The summed E-state index contributed by atoms with van der Waals surface area (Å²) in [5, 5.41) is 0. The molecule has 0 amide bonds. The number of ether oxygens (including phenoxy) is 1. The van der Waals surface area contributed by atoms with Crippen molar-refractivity contribution >= 4 is 20.4 Å². The number of aryl methyl sites for hydroxylation is 1. The lowest BCUT2D eigenvalue weighted by Gasteiger charge is -2.39. The molecule has 0 saturated heterocycles. The minimum atomic E-state index is -5.92. The predicted molar refractivity (Wildman–Crippen MR) is 109 cm³/mol. The van der Waals surface area contributed by atoms with Crippen molar-refractivity contribution in [1.29, 1.82) is 0 Å². The van der Waals surface area contributed by atoms with Crippen molar-refractivity contribution in [2.45, 2.75) is 27.1 Å². The molecular formula is C21H19F3O4S2. The van der Waals surface area contributed by atoms with Gasteiger partial charge < -0.3 is 4.74 Å². The third kappa shape index (κ3) is 4.19. The van der Waals surface area contributed by atoms with Crippen LogP contribution in [0.25, 0.3) is 0 Å². The van der Waals surface area contributed by atoms with Crippen LogP contribution in [-0.4, -0.2) is 21.0 Å². The van der Waals surface area contributed by atoms with Crippen LogP contribution < -0.4 is 4.74 Å². The Hall–Kier alpha value is -2.49. The van der Waals surface area contributed by atoms with Gasteiger partial charge in [0.15, 0.2) is 0 Å². The Labute approximate surface area is 174 Å². The van der Waals surface area contributed by atoms with Crippen LogP contribution in [0.1, 0.15) is 5.56 Å². The summed E-state index contributed by atoms with van der Waals surface area (Å²) in [4.78, 5) is 0.912. The molecule has 9 heteroatoms. The molecule has 0 bridgehead atoms. The molecule has 0 radical (unpaired) electrons. The van der Waals surface area contributed by atoms with Crippen molar-refractivity contribution in [1.82, 2.24) is 0 Å². The van der Waals surface area contributed by atoms with E-state index in [1.807, 2.05) is 6.92 Å². The molecule has 4 nitrogen and oxygen atoms in total. The Kier molecular flexibility index (Phi) is 6.16. The molecule has 0 spiro atoms. The summed E-state index contributed by atoms with van der Waals surface area (Å²) in [5.41, 5.74) is -4.70. The lowest BCUT2D eigenvalue weighted by molar-refractivity contribution is -0.0496. The van der Waals surface area contributed by atoms with Crippen molar-refractivity contribution in [3.8, 4) is 5.75 Å². The van der Waals surface area contributed by atoms with E-state index >= 15 is 0 Å². The molecule has 0 N–H and O–H groups in total. The number of rotatable bonds is 6. The average molecular weight is 457 g/mol. The summed E-state index contributed by atoms with van der Waals surface area (Å²) >= 11 is 0. The number of hydrogen-bond acceptors (Lipinski definition) is 4. The molecule has 1 atom stereocenters. The first-order valence-electron chi connectivity index (χ1n) is 8.72. The maximum Gasteiger partial charge on any atom is 0.524 e. The first-order valence-corrected chi connectivity index (χ1v) is 11.7. The summed E-state index contributed by atoms with van der Waals surface area (Å²) in [7, 11) is -7.74. The average Bonchev–Trinajstić information content (AvgIpc) is 2.72. The maximum absolute atomic E-state index is 13.4. The van der Waals surface area contributed by atoms with Gasteiger partial charge in [-0.2, -0.15) is 25.2 Å². The molecule has 0 heterocycles. The van der Waals surface area contributed by atoms with E-state index in [9.17, 15) is 21.6 Å². The predicted octanol–water partition coefficient (Wildman–Crippen LogP) is 6.07. The lowest BCUT2D eigenvalue weighted by atomic mass is 10.2. The summed E-state index contributed by atoms with van der Waals surface area (Å²) in [5.74, 6) is 0.475. The van der Waals surface area contributed by atoms with Crippen LogP contribution in [0.5, 0.6) is 5.75 Å². The Morgan fingerprint density at radius 3 is 1.67 bits per heavy atom. The van der Waals surface area contributed by atoms with E-state index in [0.717, 1.165) is 5.56 Å². The lowest BCUT2D eigenvalue weighted by Crippen LogP contribution is -2.27. The molecule has 3 aromatic carbocycles. The van der Waals surface area contributed by atoms with Gasteiger partial charge in [0.05, 0.1) is 7.11 Å². The van der Waals surface area contributed by atoms with Crippen molar-refractivity contribution in [2.24, 2.45) is 0 Å². The van der Waals surface area contributed by atoms with E-state index in [0.29, 0.717) is 15.5 Å². The number of benzene rings is 3. The highest BCUT2D eigenvalue weighted by molar-refractivity contribution is 8.33. The summed E-state index contributed by atoms with van der Waals surface area (Å²) in [6.07, 6.45) is 0. The third-order valence-corrected chi connectivity index (χ3v) is 9.20. The van der Waals surface area contributed by atoms with Crippen LogP contribution in [0, 0.1) is 6.92 Å². The first kappa shape index (κ1) is 22.2. The van der Waals surface area contributed by atoms with Crippen LogP contribution in [0.3, 0.4) is 0 Å². The van der Waals surface area contributed by atoms with Gasteiger partial charge in [-0.25, -0.2) is 0 Å². The Bertz CT molecular complexity index is 1100. The molecule has 0 fully saturated rings. The van der Waals surface area contributed by atoms with Gasteiger partial charge in [0, 0.05) is 14.7 Å². The van der Waals surface area contributed by atoms with E-state index in [1.165, 1.54) is 19.2 Å². The Morgan fingerprint density at radius 2 is 1.20 bits per heavy atom. The van der Waals surface area contributed by atoms with Crippen LogP contribution in [0.15, 0.2) is 93.5 Å². The monoisotopic (exact) mass is 456 g/mol. The maximum atomic E-state index is 13.4. The minimum Gasteiger partial charge on any atom is -0.497 e. The van der Waals surface area contributed by atoms with E-state index in [-0.39, 0.29) is 4.90 Å². The van der Waals surface area contributed by atoms with Crippen LogP contribution in [0.4, 0.5) is 13.2 Å². The second-order valence-corrected chi connectivity index (χ2v) is 10.8. The van der Waals surface area contributed by atoms with Crippen molar-refractivity contribution < 1.29 is 30.0 Å². The van der Waals surface area contributed by atoms with Gasteiger partial charge in [0.25, 0.3) is 0 Å². The van der Waals surface area contributed by atoms with Gasteiger partial charge >= 0.3 is 15.6 Å². The molecule has 1 unspecified atom stereocenters. The molecule has 3 aromatic rings. The second kappa shape index (κ2) is 8.33. The molecule has 0 aromatic heterocycles. The molecule has 0 aliphatic rings. The SMILES string of the molecule is COc1ccc(S(OS(=O)(=O)C(F)(F)F)(c2ccccc2)c2ccc(C)cc2)cc1. The highest BCUT2D eigenvalue weighted by Gasteiger charge is 2.52. The second-order valence-electron chi connectivity index (χ2n) is 6.33. The fourth-order valence-corrected chi connectivity index (χ4v) is 7.53. The first-order chi connectivity index (χ1) is 14.1. The standard InChI is InChI=1S/C21H19F3O4S2/c1-16-8-12-19(13-9-16)29(18-6-4-3-5-7-18,28-30(25,26)21(22,23)24)20-14-10-17(27-2)11-15-20/h3-15H,1-2H3.